The van der Waals surface area contributed by atoms with Gasteiger partial charge in [-0.25, -0.2) is 9.97 Å². The van der Waals surface area contributed by atoms with Crippen LogP contribution in [0.15, 0.2) is 89.3 Å². The Labute approximate surface area is 239 Å². The molecular formula is C33H22ClN3O2S. The Hall–Kier alpha value is -4.39. The van der Waals surface area contributed by atoms with E-state index >= 15 is 0 Å². The first-order valence-electron chi connectivity index (χ1n) is 13.0. The van der Waals surface area contributed by atoms with Gasteiger partial charge in [-0.3, -0.25) is 0 Å². The number of hydrogen-bond acceptors (Lipinski definition) is 6. The van der Waals surface area contributed by atoms with Crippen molar-refractivity contribution >= 4 is 66.4 Å². The lowest BCUT2D eigenvalue weighted by Crippen LogP contribution is -2.15. The van der Waals surface area contributed by atoms with E-state index in [1.54, 1.807) is 18.4 Å². The summed E-state index contributed by atoms with van der Waals surface area (Å²) in [6, 6.07) is 28.6. The first-order valence-corrected chi connectivity index (χ1v) is 14.2. The third kappa shape index (κ3) is 3.46. The number of thiazole rings is 1. The number of oxazole rings is 1. The van der Waals surface area contributed by atoms with Crippen molar-refractivity contribution in [3.8, 4) is 17.2 Å². The molecule has 0 radical (unpaired) electrons. The molecule has 7 aromatic rings. The van der Waals surface area contributed by atoms with Crippen LogP contribution >= 0.6 is 22.9 Å². The second-order valence-electron chi connectivity index (χ2n) is 9.98. The summed E-state index contributed by atoms with van der Waals surface area (Å²) in [5.74, 6) is 1.21. The molecule has 8 rings (SSSR count). The van der Waals surface area contributed by atoms with Gasteiger partial charge in [-0.15, -0.1) is 11.3 Å². The Bertz CT molecular complexity index is 2100. The molecule has 3 heterocycles. The fourth-order valence-electron chi connectivity index (χ4n) is 5.91. The smallest absolute Gasteiger partial charge is 0.227 e. The number of rotatable bonds is 3. The number of ether oxygens (including phenoxy) is 1. The van der Waals surface area contributed by atoms with Crippen LogP contribution in [0.2, 0.25) is 5.02 Å². The van der Waals surface area contributed by atoms with Crippen molar-refractivity contribution in [1.29, 1.82) is 0 Å². The summed E-state index contributed by atoms with van der Waals surface area (Å²) in [4.78, 5) is 10.1. The van der Waals surface area contributed by atoms with Crippen LogP contribution in [-0.4, -0.2) is 17.1 Å². The monoisotopic (exact) mass is 559 g/mol. The molecular weight excluding hydrogens is 538 g/mol. The van der Waals surface area contributed by atoms with Crippen LogP contribution in [0, 0.1) is 6.92 Å². The average Bonchev–Trinajstić information content (AvgIpc) is 3.60. The van der Waals surface area contributed by atoms with E-state index < -0.39 is 0 Å². The predicted octanol–water partition coefficient (Wildman–Crippen LogP) is 9.47. The van der Waals surface area contributed by atoms with E-state index in [4.69, 9.17) is 30.7 Å². The van der Waals surface area contributed by atoms with Crippen molar-refractivity contribution in [3.63, 3.8) is 0 Å². The van der Waals surface area contributed by atoms with Crippen LogP contribution in [-0.2, 0) is 0 Å². The molecule has 5 aromatic carbocycles. The van der Waals surface area contributed by atoms with E-state index in [1.165, 1.54) is 0 Å². The molecule has 194 valence electrons. The molecule has 0 spiro atoms. The van der Waals surface area contributed by atoms with Gasteiger partial charge in [0.05, 0.1) is 28.0 Å². The van der Waals surface area contributed by atoms with Crippen molar-refractivity contribution in [1.82, 2.24) is 9.97 Å². The minimum absolute atomic E-state index is 0.141. The largest absolute Gasteiger partial charge is 0.497 e. The Morgan fingerprint density at radius 2 is 1.62 bits per heavy atom. The highest BCUT2D eigenvalue weighted by molar-refractivity contribution is 7.18. The van der Waals surface area contributed by atoms with Crippen LogP contribution in [0.3, 0.4) is 0 Å². The molecule has 7 heteroatoms. The van der Waals surface area contributed by atoms with Gasteiger partial charge in [-0.1, -0.05) is 48.0 Å². The summed E-state index contributed by atoms with van der Waals surface area (Å²) in [7, 11) is 1.66. The van der Waals surface area contributed by atoms with Crippen LogP contribution in [0.5, 0.6) is 5.75 Å². The third-order valence-electron chi connectivity index (χ3n) is 7.68. The number of hydrogen-bond donors (Lipinski definition) is 1. The summed E-state index contributed by atoms with van der Waals surface area (Å²) in [6.07, 6.45) is 0. The molecule has 0 saturated carbocycles. The molecule has 1 atom stereocenters. The number of fused-ring (bicyclic) bond motifs is 9. The average molecular weight is 560 g/mol. The number of halogens is 1. The van der Waals surface area contributed by atoms with Gasteiger partial charge in [-0.2, -0.15) is 0 Å². The van der Waals surface area contributed by atoms with E-state index in [1.807, 2.05) is 42.5 Å². The molecule has 0 amide bonds. The highest BCUT2D eigenvalue weighted by Crippen LogP contribution is 2.53. The summed E-state index contributed by atoms with van der Waals surface area (Å²) in [5, 5.41) is 7.66. The number of methoxy groups -OCH3 is 1. The molecule has 1 unspecified atom stereocenters. The summed E-state index contributed by atoms with van der Waals surface area (Å²) in [5.41, 5.74) is 8.88. The second kappa shape index (κ2) is 8.81. The van der Waals surface area contributed by atoms with Crippen LogP contribution in [0.25, 0.3) is 43.5 Å². The molecule has 40 heavy (non-hydrogen) atoms. The Kier molecular flexibility index (Phi) is 5.18. The first-order chi connectivity index (χ1) is 19.6. The zero-order valence-corrected chi connectivity index (χ0v) is 23.2. The highest BCUT2D eigenvalue weighted by atomic mass is 35.5. The number of aromatic nitrogens is 2. The summed E-state index contributed by atoms with van der Waals surface area (Å²) >= 11 is 8.07. The van der Waals surface area contributed by atoms with E-state index in [2.05, 4.69) is 54.7 Å². The zero-order chi connectivity index (χ0) is 27.0. The van der Waals surface area contributed by atoms with Gasteiger partial charge in [-0.05, 0) is 61.0 Å². The molecule has 1 aliphatic rings. The van der Waals surface area contributed by atoms with Crippen molar-refractivity contribution in [3.05, 3.63) is 112 Å². The SMILES string of the molecule is COc1ccc(-c2nc3c(o2)c2c(c4ccccc43)Nc3ccc4sc(C)nc4c3C2c2ccc(Cl)cc2)cc1. The molecule has 0 saturated heterocycles. The summed E-state index contributed by atoms with van der Waals surface area (Å²) in [6.45, 7) is 2.06. The fraction of sp³-hybridized carbons (Fsp3) is 0.0909. The topological polar surface area (TPSA) is 60.2 Å². The predicted molar refractivity (Wildman–Crippen MR) is 164 cm³/mol. The van der Waals surface area contributed by atoms with Crippen molar-refractivity contribution in [2.75, 3.05) is 12.4 Å². The van der Waals surface area contributed by atoms with Gasteiger partial charge in [0.25, 0.3) is 0 Å². The number of nitrogens with one attached hydrogen (secondary N) is 1. The van der Waals surface area contributed by atoms with Crippen molar-refractivity contribution in [2.45, 2.75) is 12.8 Å². The third-order valence-corrected chi connectivity index (χ3v) is 8.86. The van der Waals surface area contributed by atoms with Crippen molar-refractivity contribution in [2.24, 2.45) is 0 Å². The summed E-state index contributed by atoms with van der Waals surface area (Å²) < 4.78 is 13.2. The normalized spacial score (nSPS) is 14.3. The zero-order valence-electron chi connectivity index (χ0n) is 21.7. The van der Waals surface area contributed by atoms with Gasteiger partial charge in [0.15, 0.2) is 5.58 Å². The maximum Gasteiger partial charge on any atom is 0.227 e. The van der Waals surface area contributed by atoms with E-state index in [-0.39, 0.29) is 5.92 Å². The lowest BCUT2D eigenvalue weighted by Gasteiger charge is -2.31. The molecule has 0 fully saturated rings. The molecule has 0 aliphatic carbocycles. The Balaban J connectivity index is 1.49. The standard InChI is InChI=1S/C33H22ClN3O2S/c1-17-35-31-25(40-17)16-15-24-27(31)26(18-7-11-20(34)12-8-18)28-29(36-24)22-5-3-4-6-23(22)30-32(28)39-33(37-30)19-9-13-21(38-2)14-10-19/h3-16,26,36H,1-2H3. The second-order valence-corrected chi connectivity index (χ2v) is 11.6. The van der Waals surface area contributed by atoms with Crippen LogP contribution in [0.1, 0.15) is 27.6 Å². The maximum atomic E-state index is 6.71. The molecule has 5 nitrogen and oxygen atoms in total. The maximum absolute atomic E-state index is 6.71. The lowest BCUT2D eigenvalue weighted by molar-refractivity contribution is 0.415. The van der Waals surface area contributed by atoms with E-state index in [9.17, 15) is 0 Å². The van der Waals surface area contributed by atoms with Gasteiger partial charge in [0, 0.05) is 44.1 Å². The van der Waals surface area contributed by atoms with E-state index in [0.717, 1.165) is 76.5 Å². The van der Waals surface area contributed by atoms with Gasteiger partial charge in [0.1, 0.15) is 11.3 Å². The van der Waals surface area contributed by atoms with Gasteiger partial charge >= 0.3 is 0 Å². The minimum atomic E-state index is -0.141. The molecule has 1 N–H and O–H groups in total. The Morgan fingerprint density at radius 3 is 2.40 bits per heavy atom. The molecule has 1 aliphatic heterocycles. The van der Waals surface area contributed by atoms with Gasteiger partial charge in [0.2, 0.25) is 5.89 Å². The lowest BCUT2D eigenvalue weighted by atomic mass is 9.79. The number of benzene rings is 5. The number of nitrogens with zero attached hydrogens (tertiary/aromatic N) is 2. The first kappa shape index (κ1) is 23.5. The molecule has 2 aromatic heterocycles. The number of anilines is 2. The highest BCUT2D eigenvalue weighted by Gasteiger charge is 2.35. The van der Waals surface area contributed by atoms with Gasteiger partial charge < -0.3 is 14.5 Å². The molecule has 0 bridgehead atoms. The number of aryl methyl sites for hydroxylation is 1. The quantitative estimate of drug-likeness (QED) is 0.233. The Morgan fingerprint density at radius 1 is 0.850 bits per heavy atom. The minimum Gasteiger partial charge on any atom is -0.497 e. The van der Waals surface area contributed by atoms with Crippen LogP contribution < -0.4 is 10.1 Å². The fourth-order valence-corrected chi connectivity index (χ4v) is 6.88. The van der Waals surface area contributed by atoms with Crippen molar-refractivity contribution < 1.29 is 9.15 Å². The van der Waals surface area contributed by atoms with E-state index in [0.29, 0.717) is 10.9 Å². The van der Waals surface area contributed by atoms with Crippen LogP contribution in [0.4, 0.5) is 11.4 Å².